The van der Waals surface area contributed by atoms with E-state index in [1.54, 1.807) is 55.3 Å². The number of halogens is 1. The molecule has 0 bridgehead atoms. The van der Waals surface area contributed by atoms with Crippen molar-refractivity contribution in [1.82, 2.24) is 4.90 Å². The average Bonchev–Trinajstić information content (AvgIpc) is 2.56. The zero-order valence-electron chi connectivity index (χ0n) is 13.0. The first-order chi connectivity index (χ1) is 11.0. The number of rotatable bonds is 5. The lowest BCUT2D eigenvalue weighted by molar-refractivity contribution is -0.137. The summed E-state index contributed by atoms with van der Waals surface area (Å²) in [5, 5.41) is 9.44. The maximum atomic E-state index is 12.4. The van der Waals surface area contributed by atoms with E-state index in [1.165, 1.54) is 0 Å². The highest BCUT2D eigenvalue weighted by Crippen LogP contribution is 2.15. The lowest BCUT2D eigenvalue weighted by Crippen LogP contribution is -2.37. The van der Waals surface area contributed by atoms with Crippen LogP contribution in [0.5, 0.6) is 5.75 Å². The van der Waals surface area contributed by atoms with Crippen LogP contribution in [0.3, 0.4) is 0 Å². The Hall–Kier alpha value is -2.51. The van der Waals surface area contributed by atoms with Crippen molar-refractivity contribution in [3.63, 3.8) is 0 Å². The van der Waals surface area contributed by atoms with E-state index in [9.17, 15) is 4.79 Å². The minimum absolute atomic E-state index is 0.121. The third-order valence-corrected chi connectivity index (χ3v) is 3.61. The monoisotopic (exact) mass is 328 g/mol. The van der Waals surface area contributed by atoms with Gasteiger partial charge >= 0.3 is 0 Å². The van der Waals surface area contributed by atoms with Gasteiger partial charge in [0.25, 0.3) is 5.91 Å². The Balaban J connectivity index is 1.95. The number of nitrogens with zero attached hydrogens (tertiary/aromatic N) is 2. The van der Waals surface area contributed by atoms with Crippen molar-refractivity contribution >= 4 is 17.5 Å². The summed E-state index contributed by atoms with van der Waals surface area (Å²) in [5.74, 6) is 0.439. The van der Waals surface area contributed by atoms with Crippen molar-refractivity contribution < 1.29 is 9.53 Å². The molecule has 2 aromatic rings. The highest BCUT2D eigenvalue weighted by atomic mass is 35.5. The molecule has 118 valence electrons. The summed E-state index contributed by atoms with van der Waals surface area (Å²) in [5.41, 5.74) is 1.55. The molecule has 2 aromatic carbocycles. The van der Waals surface area contributed by atoms with Gasteiger partial charge in [-0.15, -0.1) is 0 Å². The van der Waals surface area contributed by atoms with E-state index in [0.717, 1.165) is 5.56 Å². The van der Waals surface area contributed by atoms with Crippen LogP contribution in [0.2, 0.25) is 5.02 Å². The molecule has 1 atom stereocenters. The van der Waals surface area contributed by atoms with Crippen molar-refractivity contribution in [1.29, 1.82) is 5.26 Å². The molecule has 0 heterocycles. The molecule has 5 heteroatoms. The number of carbonyl (C=O) groups excluding carboxylic acids is 1. The van der Waals surface area contributed by atoms with Gasteiger partial charge in [-0.3, -0.25) is 4.79 Å². The molecule has 0 saturated heterocycles. The maximum Gasteiger partial charge on any atom is 0.263 e. The molecule has 0 aliphatic rings. The van der Waals surface area contributed by atoms with Gasteiger partial charge in [0, 0.05) is 18.6 Å². The number of likely N-dealkylation sites (N-methyl/N-ethyl adjacent to an activating group) is 1. The van der Waals surface area contributed by atoms with Crippen molar-refractivity contribution in [3.8, 4) is 11.8 Å². The summed E-state index contributed by atoms with van der Waals surface area (Å²) in [7, 11) is 1.73. The van der Waals surface area contributed by atoms with Gasteiger partial charge in [0.1, 0.15) is 5.75 Å². The molecule has 0 N–H and O–H groups in total. The lowest BCUT2D eigenvalue weighted by Gasteiger charge is -2.22. The second-order valence-corrected chi connectivity index (χ2v) is 5.65. The number of ether oxygens (including phenoxy) is 1. The Bertz CT molecular complexity index is 705. The molecule has 1 unspecified atom stereocenters. The Morgan fingerprint density at radius 3 is 2.39 bits per heavy atom. The van der Waals surface area contributed by atoms with Gasteiger partial charge < -0.3 is 9.64 Å². The van der Waals surface area contributed by atoms with Crippen LogP contribution in [0.4, 0.5) is 0 Å². The van der Waals surface area contributed by atoms with Gasteiger partial charge in [-0.05, 0) is 48.9 Å². The summed E-state index contributed by atoms with van der Waals surface area (Å²) >= 11 is 5.85. The predicted molar refractivity (Wildman–Crippen MR) is 89.2 cm³/mol. The van der Waals surface area contributed by atoms with Gasteiger partial charge in [-0.25, -0.2) is 0 Å². The SMILES string of the molecule is CC(Oc1ccc(C#N)cc1)C(=O)N(C)Cc1ccc(Cl)cc1. The highest BCUT2D eigenvalue weighted by molar-refractivity contribution is 6.30. The fourth-order valence-corrected chi connectivity index (χ4v) is 2.24. The molecule has 0 fully saturated rings. The Morgan fingerprint density at radius 1 is 1.22 bits per heavy atom. The third kappa shape index (κ3) is 4.73. The molecule has 0 aromatic heterocycles. The summed E-state index contributed by atoms with van der Waals surface area (Å²) in [4.78, 5) is 14.0. The van der Waals surface area contributed by atoms with Gasteiger partial charge in [0.05, 0.1) is 11.6 Å². The fraction of sp³-hybridized carbons (Fsp3) is 0.222. The van der Waals surface area contributed by atoms with E-state index in [2.05, 4.69) is 0 Å². The molecule has 0 aliphatic heterocycles. The largest absolute Gasteiger partial charge is 0.481 e. The molecule has 0 saturated carbocycles. The van der Waals surface area contributed by atoms with Crippen molar-refractivity contribution in [3.05, 3.63) is 64.7 Å². The van der Waals surface area contributed by atoms with Gasteiger partial charge in [0.2, 0.25) is 0 Å². The van der Waals surface area contributed by atoms with Gasteiger partial charge in [-0.1, -0.05) is 23.7 Å². The Labute approximate surface area is 140 Å². The number of hydrogen-bond donors (Lipinski definition) is 0. The van der Waals surface area contributed by atoms with Crippen LogP contribution in [-0.2, 0) is 11.3 Å². The van der Waals surface area contributed by atoms with Crippen LogP contribution in [0, 0.1) is 11.3 Å². The summed E-state index contributed by atoms with van der Waals surface area (Å²) in [6, 6.07) is 16.1. The molecule has 0 aliphatic carbocycles. The Kier molecular flexibility index (Phi) is 5.61. The summed E-state index contributed by atoms with van der Waals surface area (Å²) in [6.45, 7) is 2.19. The average molecular weight is 329 g/mol. The molecule has 23 heavy (non-hydrogen) atoms. The number of nitriles is 1. The number of benzene rings is 2. The first-order valence-corrected chi connectivity index (χ1v) is 7.53. The van der Waals surface area contributed by atoms with Crippen LogP contribution in [-0.4, -0.2) is 24.0 Å². The lowest BCUT2D eigenvalue weighted by atomic mass is 10.2. The van der Waals surface area contributed by atoms with Crippen LogP contribution in [0.25, 0.3) is 0 Å². The molecular weight excluding hydrogens is 312 g/mol. The number of hydrogen-bond acceptors (Lipinski definition) is 3. The van der Waals surface area contributed by atoms with Gasteiger partial charge in [-0.2, -0.15) is 5.26 Å². The zero-order valence-corrected chi connectivity index (χ0v) is 13.7. The highest BCUT2D eigenvalue weighted by Gasteiger charge is 2.19. The first-order valence-electron chi connectivity index (χ1n) is 7.16. The van der Waals surface area contributed by atoms with Crippen molar-refractivity contribution in [2.75, 3.05) is 7.05 Å². The number of amides is 1. The van der Waals surface area contributed by atoms with E-state index >= 15 is 0 Å². The van der Waals surface area contributed by atoms with Crippen molar-refractivity contribution in [2.24, 2.45) is 0 Å². The molecular formula is C18H17ClN2O2. The first kappa shape index (κ1) is 16.9. The summed E-state index contributed by atoms with van der Waals surface area (Å²) < 4.78 is 5.63. The van der Waals surface area contributed by atoms with Crippen molar-refractivity contribution in [2.45, 2.75) is 19.6 Å². The minimum atomic E-state index is -0.611. The summed E-state index contributed by atoms with van der Waals surface area (Å²) in [6.07, 6.45) is -0.611. The van der Waals surface area contributed by atoms with E-state index in [-0.39, 0.29) is 5.91 Å². The van der Waals surface area contributed by atoms with Gasteiger partial charge in [0.15, 0.2) is 6.10 Å². The zero-order chi connectivity index (χ0) is 16.8. The van der Waals surface area contributed by atoms with E-state index in [0.29, 0.717) is 22.9 Å². The smallest absolute Gasteiger partial charge is 0.263 e. The maximum absolute atomic E-state index is 12.4. The molecule has 0 radical (unpaired) electrons. The van der Waals surface area contributed by atoms with Crippen LogP contribution >= 0.6 is 11.6 Å². The normalized spacial score (nSPS) is 11.4. The Morgan fingerprint density at radius 2 is 1.83 bits per heavy atom. The molecule has 4 nitrogen and oxygen atoms in total. The molecule has 2 rings (SSSR count). The quantitative estimate of drug-likeness (QED) is 0.842. The van der Waals surface area contributed by atoms with E-state index < -0.39 is 6.10 Å². The second-order valence-electron chi connectivity index (χ2n) is 5.22. The van der Waals surface area contributed by atoms with Crippen LogP contribution in [0.15, 0.2) is 48.5 Å². The predicted octanol–water partition coefficient (Wildman–Crippen LogP) is 3.64. The van der Waals surface area contributed by atoms with E-state index in [4.69, 9.17) is 21.6 Å². The molecule has 1 amide bonds. The fourth-order valence-electron chi connectivity index (χ4n) is 2.11. The second kappa shape index (κ2) is 7.66. The topological polar surface area (TPSA) is 53.3 Å². The minimum Gasteiger partial charge on any atom is -0.481 e. The number of carbonyl (C=O) groups is 1. The molecule has 0 spiro atoms. The standard InChI is InChI=1S/C18H17ClN2O2/c1-13(23-17-9-5-14(11-20)6-10-17)18(22)21(2)12-15-3-7-16(19)8-4-15/h3-10,13H,12H2,1-2H3. The third-order valence-electron chi connectivity index (χ3n) is 3.35. The van der Waals surface area contributed by atoms with Crippen LogP contribution < -0.4 is 4.74 Å². The van der Waals surface area contributed by atoms with E-state index in [1.807, 2.05) is 18.2 Å². The van der Waals surface area contributed by atoms with Crippen LogP contribution in [0.1, 0.15) is 18.1 Å².